The van der Waals surface area contributed by atoms with Crippen molar-refractivity contribution < 1.29 is 9.53 Å². The minimum atomic E-state index is -0.406. The lowest BCUT2D eigenvalue weighted by molar-refractivity contribution is 0.0110. The van der Waals surface area contributed by atoms with Crippen LogP contribution in [0.1, 0.15) is 34.1 Å². The van der Waals surface area contributed by atoms with E-state index >= 15 is 0 Å². The highest BCUT2D eigenvalue weighted by Crippen LogP contribution is 2.22. The maximum atomic E-state index is 12.0. The van der Waals surface area contributed by atoms with Gasteiger partial charge in [0, 0.05) is 13.1 Å². The first-order valence-electron chi connectivity index (χ1n) is 6.44. The molecular weight excluding hydrogens is 216 g/mol. The van der Waals surface area contributed by atoms with E-state index in [0.717, 1.165) is 19.6 Å². The molecule has 0 radical (unpaired) electrons. The molecule has 1 amide bonds. The van der Waals surface area contributed by atoms with Gasteiger partial charge in [0.1, 0.15) is 5.60 Å². The lowest BCUT2D eigenvalue weighted by Crippen LogP contribution is -2.47. The molecule has 1 N–H and O–H groups in total. The van der Waals surface area contributed by atoms with Gasteiger partial charge in [-0.3, -0.25) is 0 Å². The SMILES string of the molecule is CNCC1CC(C)CN(C(=O)OC(C)(C)C)C1. The summed E-state index contributed by atoms with van der Waals surface area (Å²) in [5.41, 5.74) is -0.406. The number of rotatable bonds is 2. The van der Waals surface area contributed by atoms with Gasteiger partial charge in [-0.25, -0.2) is 4.79 Å². The van der Waals surface area contributed by atoms with Crippen LogP contribution in [0.5, 0.6) is 0 Å². The smallest absolute Gasteiger partial charge is 0.410 e. The highest BCUT2D eigenvalue weighted by molar-refractivity contribution is 5.68. The second-order valence-electron chi connectivity index (χ2n) is 6.15. The molecule has 17 heavy (non-hydrogen) atoms. The molecule has 0 aliphatic carbocycles. The van der Waals surface area contributed by atoms with E-state index in [0.29, 0.717) is 11.8 Å². The van der Waals surface area contributed by atoms with E-state index in [2.05, 4.69) is 12.2 Å². The fourth-order valence-electron chi connectivity index (χ4n) is 2.39. The number of ether oxygens (including phenoxy) is 1. The van der Waals surface area contributed by atoms with Crippen LogP contribution in [0, 0.1) is 11.8 Å². The van der Waals surface area contributed by atoms with Crippen molar-refractivity contribution in [2.45, 2.75) is 39.7 Å². The van der Waals surface area contributed by atoms with Gasteiger partial charge in [0.05, 0.1) is 0 Å². The summed E-state index contributed by atoms with van der Waals surface area (Å²) in [6, 6.07) is 0. The molecule has 2 atom stereocenters. The van der Waals surface area contributed by atoms with Gasteiger partial charge in [0.2, 0.25) is 0 Å². The second kappa shape index (κ2) is 5.71. The summed E-state index contributed by atoms with van der Waals surface area (Å²) in [5.74, 6) is 1.09. The van der Waals surface area contributed by atoms with Crippen molar-refractivity contribution >= 4 is 6.09 Å². The Hall–Kier alpha value is -0.770. The Kier molecular flexibility index (Phi) is 4.80. The molecule has 0 aromatic rings. The van der Waals surface area contributed by atoms with Gasteiger partial charge in [-0.05, 0) is 52.6 Å². The van der Waals surface area contributed by atoms with Gasteiger partial charge in [-0.2, -0.15) is 0 Å². The van der Waals surface area contributed by atoms with Gasteiger partial charge in [0.15, 0.2) is 0 Å². The fourth-order valence-corrected chi connectivity index (χ4v) is 2.39. The van der Waals surface area contributed by atoms with Gasteiger partial charge in [0.25, 0.3) is 0 Å². The minimum absolute atomic E-state index is 0.176. The first kappa shape index (κ1) is 14.3. The van der Waals surface area contributed by atoms with Crippen molar-refractivity contribution in [3.63, 3.8) is 0 Å². The predicted molar refractivity (Wildman–Crippen MR) is 69.0 cm³/mol. The maximum Gasteiger partial charge on any atom is 0.410 e. The molecule has 0 bridgehead atoms. The first-order valence-corrected chi connectivity index (χ1v) is 6.44. The molecule has 100 valence electrons. The number of carbonyl (C=O) groups is 1. The van der Waals surface area contributed by atoms with Crippen LogP contribution in [0.3, 0.4) is 0 Å². The Morgan fingerprint density at radius 1 is 1.41 bits per heavy atom. The Balaban J connectivity index is 2.54. The van der Waals surface area contributed by atoms with Crippen molar-refractivity contribution in [3.8, 4) is 0 Å². The Morgan fingerprint density at radius 2 is 2.06 bits per heavy atom. The molecule has 1 rings (SSSR count). The Labute approximate surface area is 105 Å². The second-order valence-corrected chi connectivity index (χ2v) is 6.15. The molecule has 0 aromatic carbocycles. The molecule has 1 heterocycles. The number of likely N-dealkylation sites (tertiary alicyclic amines) is 1. The van der Waals surface area contributed by atoms with E-state index in [1.165, 1.54) is 6.42 Å². The van der Waals surface area contributed by atoms with Crippen molar-refractivity contribution in [3.05, 3.63) is 0 Å². The average molecular weight is 242 g/mol. The molecule has 2 unspecified atom stereocenters. The third-order valence-corrected chi connectivity index (χ3v) is 2.89. The zero-order valence-electron chi connectivity index (χ0n) is 11.7. The summed E-state index contributed by atoms with van der Waals surface area (Å²) in [5, 5.41) is 3.19. The lowest BCUT2D eigenvalue weighted by Gasteiger charge is -2.37. The summed E-state index contributed by atoms with van der Waals surface area (Å²) in [7, 11) is 1.96. The topological polar surface area (TPSA) is 41.6 Å². The zero-order chi connectivity index (χ0) is 13.1. The fraction of sp³-hybridized carbons (Fsp3) is 0.923. The van der Waals surface area contributed by atoms with E-state index in [4.69, 9.17) is 4.74 Å². The normalized spacial score (nSPS) is 25.8. The summed E-state index contributed by atoms with van der Waals surface area (Å²) < 4.78 is 5.42. The van der Waals surface area contributed by atoms with Gasteiger partial charge >= 0.3 is 6.09 Å². The van der Waals surface area contributed by atoms with Crippen LogP contribution in [0.25, 0.3) is 0 Å². The molecule has 0 saturated carbocycles. The quantitative estimate of drug-likeness (QED) is 0.806. The van der Waals surface area contributed by atoms with Crippen LogP contribution < -0.4 is 5.32 Å². The monoisotopic (exact) mass is 242 g/mol. The van der Waals surface area contributed by atoms with Crippen LogP contribution in [0.2, 0.25) is 0 Å². The highest BCUT2D eigenvalue weighted by Gasteiger charge is 2.30. The molecular formula is C13H26N2O2. The zero-order valence-corrected chi connectivity index (χ0v) is 11.7. The number of nitrogens with zero attached hydrogens (tertiary/aromatic N) is 1. The summed E-state index contributed by atoms with van der Waals surface area (Å²) in [6.45, 7) is 10.5. The average Bonchev–Trinajstić information content (AvgIpc) is 2.14. The lowest BCUT2D eigenvalue weighted by atomic mass is 9.90. The maximum absolute atomic E-state index is 12.0. The summed E-state index contributed by atoms with van der Waals surface area (Å²) in [4.78, 5) is 13.8. The third kappa shape index (κ3) is 4.94. The first-order chi connectivity index (χ1) is 7.81. The van der Waals surface area contributed by atoms with Crippen molar-refractivity contribution in [2.75, 3.05) is 26.7 Å². The molecule has 0 aromatic heterocycles. The van der Waals surface area contributed by atoms with Gasteiger partial charge in [-0.1, -0.05) is 6.92 Å². The van der Waals surface area contributed by atoms with Crippen molar-refractivity contribution in [1.82, 2.24) is 10.2 Å². The molecule has 1 aliphatic heterocycles. The minimum Gasteiger partial charge on any atom is -0.444 e. The van der Waals surface area contributed by atoms with E-state index < -0.39 is 5.60 Å². The number of hydrogen-bond donors (Lipinski definition) is 1. The highest BCUT2D eigenvalue weighted by atomic mass is 16.6. The van der Waals surface area contributed by atoms with Crippen LogP contribution in [-0.4, -0.2) is 43.3 Å². The Morgan fingerprint density at radius 3 is 2.59 bits per heavy atom. The molecule has 4 nitrogen and oxygen atoms in total. The third-order valence-electron chi connectivity index (χ3n) is 2.89. The molecule has 1 aliphatic rings. The molecule has 0 spiro atoms. The van der Waals surface area contributed by atoms with Gasteiger partial charge in [-0.15, -0.1) is 0 Å². The van der Waals surface area contributed by atoms with E-state index in [9.17, 15) is 4.79 Å². The number of carbonyl (C=O) groups excluding carboxylic acids is 1. The molecule has 1 saturated heterocycles. The van der Waals surface area contributed by atoms with E-state index in [1.807, 2.05) is 32.7 Å². The van der Waals surface area contributed by atoms with Gasteiger partial charge < -0.3 is 15.0 Å². The van der Waals surface area contributed by atoms with Crippen LogP contribution >= 0.6 is 0 Å². The van der Waals surface area contributed by atoms with E-state index in [1.54, 1.807) is 0 Å². The standard InChI is InChI=1S/C13H26N2O2/c1-10-6-11(7-14-5)9-15(8-10)12(16)17-13(2,3)4/h10-11,14H,6-9H2,1-5H3. The predicted octanol–water partition coefficient (Wildman–Crippen LogP) is 2.10. The summed E-state index contributed by atoms with van der Waals surface area (Å²) in [6.07, 6.45) is 1.00. The van der Waals surface area contributed by atoms with Crippen molar-refractivity contribution in [2.24, 2.45) is 11.8 Å². The number of nitrogens with one attached hydrogen (secondary N) is 1. The molecule has 1 fully saturated rings. The van der Waals surface area contributed by atoms with Crippen LogP contribution in [-0.2, 0) is 4.74 Å². The number of piperidine rings is 1. The van der Waals surface area contributed by atoms with Crippen molar-refractivity contribution in [1.29, 1.82) is 0 Å². The number of amides is 1. The summed E-state index contributed by atoms with van der Waals surface area (Å²) >= 11 is 0. The Bertz CT molecular complexity index is 261. The number of hydrogen-bond acceptors (Lipinski definition) is 3. The largest absolute Gasteiger partial charge is 0.444 e. The molecule has 4 heteroatoms. The van der Waals surface area contributed by atoms with E-state index in [-0.39, 0.29) is 6.09 Å². The van der Waals surface area contributed by atoms with Crippen LogP contribution in [0.15, 0.2) is 0 Å². The van der Waals surface area contributed by atoms with Crippen LogP contribution in [0.4, 0.5) is 4.79 Å².